The van der Waals surface area contributed by atoms with Crippen molar-refractivity contribution in [3.05, 3.63) is 17.0 Å². The Bertz CT molecular complexity index is 278. The molecule has 0 aliphatic heterocycles. The molecule has 0 spiro atoms. The minimum Gasteiger partial charge on any atom is -0.394 e. The Kier molecular flexibility index (Phi) is 2.52. The smallest absolute Gasteiger partial charge is 0.0725 e. The zero-order chi connectivity index (χ0) is 9.30. The number of aliphatic hydroxyl groups excluding tert-OH is 1. The lowest BCUT2D eigenvalue weighted by Crippen LogP contribution is -2.12. The summed E-state index contributed by atoms with van der Waals surface area (Å²) in [4.78, 5) is 0. The minimum atomic E-state index is 0.0809. The first kappa shape index (κ1) is 9.26. The predicted octanol–water partition coefficient (Wildman–Crippen LogP) is 1.36. The maximum atomic E-state index is 8.95. The number of aromatic nitrogens is 2. The molecule has 3 heteroatoms. The van der Waals surface area contributed by atoms with E-state index in [1.54, 1.807) is 0 Å². The van der Waals surface area contributed by atoms with Gasteiger partial charge in [0.2, 0.25) is 0 Å². The molecule has 0 aliphatic rings. The summed E-state index contributed by atoms with van der Waals surface area (Å²) in [6, 6.07) is 0.0809. The van der Waals surface area contributed by atoms with Gasteiger partial charge in [0.05, 0.1) is 18.3 Å². The molecule has 3 nitrogen and oxygen atoms in total. The molecule has 0 bridgehead atoms. The SMILES string of the molecule is Cc1nn(C(C)CO)c(C)c1C. The van der Waals surface area contributed by atoms with Gasteiger partial charge >= 0.3 is 0 Å². The molecule has 0 saturated carbocycles. The number of aryl methyl sites for hydroxylation is 1. The molecule has 12 heavy (non-hydrogen) atoms. The molecule has 0 saturated heterocycles. The maximum Gasteiger partial charge on any atom is 0.0725 e. The second-order valence-electron chi connectivity index (χ2n) is 3.27. The van der Waals surface area contributed by atoms with Gasteiger partial charge in [0, 0.05) is 5.69 Å². The van der Waals surface area contributed by atoms with E-state index in [4.69, 9.17) is 5.11 Å². The van der Waals surface area contributed by atoms with Gasteiger partial charge in [-0.2, -0.15) is 5.10 Å². The van der Waals surface area contributed by atoms with Crippen molar-refractivity contribution in [2.45, 2.75) is 33.7 Å². The molecule has 0 fully saturated rings. The van der Waals surface area contributed by atoms with Crippen LogP contribution in [0.5, 0.6) is 0 Å². The third-order valence-electron chi connectivity index (χ3n) is 2.37. The van der Waals surface area contributed by atoms with E-state index in [-0.39, 0.29) is 12.6 Å². The lowest BCUT2D eigenvalue weighted by atomic mass is 10.2. The molecule has 1 rings (SSSR count). The van der Waals surface area contributed by atoms with Crippen LogP contribution < -0.4 is 0 Å². The standard InChI is InChI=1S/C9H16N2O/c1-6(5-12)11-9(4)7(2)8(3)10-11/h6,12H,5H2,1-4H3. The average Bonchev–Trinajstić information content (AvgIpc) is 2.32. The van der Waals surface area contributed by atoms with Crippen molar-refractivity contribution in [1.29, 1.82) is 0 Å². The van der Waals surface area contributed by atoms with Gasteiger partial charge in [-0.1, -0.05) is 0 Å². The molecule has 1 aromatic rings. The Morgan fingerprint density at radius 3 is 2.33 bits per heavy atom. The van der Waals surface area contributed by atoms with Gasteiger partial charge in [-0.05, 0) is 33.3 Å². The van der Waals surface area contributed by atoms with Crippen LogP contribution in [0.2, 0.25) is 0 Å². The fraction of sp³-hybridized carbons (Fsp3) is 0.667. The number of aliphatic hydroxyl groups is 1. The summed E-state index contributed by atoms with van der Waals surface area (Å²) in [7, 11) is 0. The van der Waals surface area contributed by atoms with Crippen LogP contribution in [0.3, 0.4) is 0 Å². The topological polar surface area (TPSA) is 38.0 Å². The van der Waals surface area contributed by atoms with Gasteiger partial charge in [-0.3, -0.25) is 4.68 Å². The van der Waals surface area contributed by atoms with Crippen molar-refractivity contribution in [2.75, 3.05) is 6.61 Å². The molecular weight excluding hydrogens is 152 g/mol. The van der Waals surface area contributed by atoms with Crippen molar-refractivity contribution in [3.63, 3.8) is 0 Å². The molecule has 0 amide bonds. The Balaban J connectivity index is 3.08. The van der Waals surface area contributed by atoms with E-state index in [1.807, 2.05) is 25.5 Å². The van der Waals surface area contributed by atoms with Gasteiger partial charge in [0.25, 0.3) is 0 Å². The highest BCUT2D eigenvalue weighted by Gasteiger charge is 2.11. The minimum absolute atomic E-state index is 0.0809. The van der Waals surface area contributed by atoms with Crippen molar-refractivity contribution >= 4 is 0 Å². The molecule has 1 heterocycles. The van der Waals surface area contributed by atoms with Gasteiger partial charge in [0.1, 0.15) is 0 Å². The van der Waals surface area contributed by atoms with Crippen LogP contribution in [0, 0.1) is 20.8 Å². The summed E-state index contributed by atoms with van der Waals surface area (Å²) in [5, 5.41) is 13.3. The number of rotatable bonds is 2. The largest absolute Gasteiger partial charge is 0.394 e. The van der Waals surface area contributed by atoms with Crippen molar-refractivity contribution in [1.82, 2.24) is 9.78 Å². The summed E-state index contributed by atoms with van der Waals surface area (Å²) in [6.45, 7) is 8.17. The fourth-order valence-corrected chi connectivity index (χ4v) is 1.25. The van der Waals surface area contributed by atoms with Crippen LogP contribution in [0.4, 0.5) is 0 Å². The average molecular weight is 168 g/mol. The Labute approximate surface area is 73.0 Å². The first-order chi connectivity index (χ1) is 5.57. The molecule has 1 aromatic heterocycles. The first-order valence-corrected chi connectivity index (χ1v) is 4.21. The normalized spacial score (nSPS) is 13.4. The lowest BCUT2D eigenvalue weighted by molar-refractivity contribution is 0.227. The van der Waals surface area contributed by atoms with Crippen LogP contribution in [-0.2, 0) is 0 Å². The Morgan fingerprint density at radius 1 is 1.42 bits per heavy atom. The molecule has 0 aromatic carbocycles. The second-order valence-corrected chi connectivity index (χ2v) is 3.27. The summed E-state index contributed by atoms with van der Waals surface area (Å²) < 4.78 is 1.88. The van der Waals surface area contributed by atoms with Gasteiger partial charge in [-0.25, -0.2) is 0 Å². The summed E-state index contributed by atoms with van der Waals surface area (Å²) in [5.41, 5.74) is 3.41. The third-order valence-corrected chi connectivity index (χ3v) is 2.37. The second kappa shape index (κ2) is 3.27. The number of hydrogen-bond acceptors (Lipinski definition) is 2. The predicted molar refractivity (Wildman–Crippen MR) is 48.2 cm³/mol. The molecule has 1 atom stereocenters. The van der Waals surface area contributed by atoms with Crippen LogP contribution in [0.1, 0.15) is 29.9 Å². The Morgan fingerprint density at radius 2 is 2.00 bits per heavy atom. The van der Waals surface area contributed by atoms with E-state index in [9.17, 15) is 0 Å². The Hall–Kier alpha value is -0.830. The van der Waals surface area contributed by atoms with E-state index in [1.165, 1.54) is 5.56 Å². The highest BCUT2D eigenvalue weighted by Crippen LogP contribution is 2.15. The summed E-state index contributed by atoms with van der Waals surface area (Å²) >= 11 is 0. The summed E-state index contributed by atoms with van der Waals surface area (Å²) in [6.07, 6.45) is 0. The van der Waals surface area contributed by atoms with E-state index >= 15 is 0 Å². The van der Waals surface area contributed by atoms with Gasteiger partial charge in [0.15, 0.2) is 0 Å². The number of hydrogen-bond donors (Lipinski definition) is 1. The third kappa shape index (κ3) is 1.37. The molecular formula is C9H16N2O. The first-order valence-electron chi connectivity index (χ1n) is 4.21. The molecule has 1 N–H and O–H groups in total. The van der Waals surface area contributed by atoms with Crippen molar-refractivity contribution in [3.8, 4) is 0 Å². The van der Waals surface area contributed by atoms with E-state index in [2.05, 4.69) is 12.0 Å². The maximum absolute atomic E-state index is 8.95. The lowest BCUT2D eigenvalue weighted by Gasteiger charge is -2.10. The number of nitrogens with zero attached hydrogens (tertiary/aromatic N) is 2. The fourth-order valence-electron chi connectivity index (χ4n) is 1.25. The van der Waals surface area contributed by atoms with Gasteiger partial charge < -0.3 is 5.11 Å². The van der Waals surface area contributed by atoms with Crippen LogP contribution >= 0.6 is 0 Å². The molecule has 0 radical (unpaired) electrons. The molecule has 1 unspecified atom stereocenters. The monoisotopic (exact) mass is 168 g/mol. The molecule has 68 valence electrons. The zero-order valence-corrected chi connectivity index (χ0v) is 8.13. The summed E-state index contributed by atoms with van der Waals surface area (Å²) in [5.74, 6) is 0. The zero-order valence-electron chi connectivity index (χ0n) is 8.13. The van der Waals surface area contributed by atoms with Gasteiger partial charge in [-0.15, -0.1) is 0 Å². The highest BCUT2D eigenvalue weighted by atomic mass is 16.3. The van der Waals surface area contributed by atoms with Crippen LogP contribution in [0.25, 0.3) is 0 Å². The quantitative estimate of drug-likeness (QED) is 0.724. The van der Waals surface area contributed by atoms with E-state index < -0.39 is 0 Å². The van der Waals surface area contributed by atoms with Crippen molar-refractivity contribution < 1.29 is 5.11 Å². The van der Waals surface area contributed by atoms with E-state index in [0.29, 0.717) is 0 Å². The van der Waals surface area contributed by atoms with Crippen LogP contribution in [-0.4, -0.2) is 21.5 Å². The van der Waals surface area contributed by atoms with Crippen molar-refractivity contribution in [2.24, 2.45) is 0 Å². The highest BCUT2D eigenvalue weighted by molar-refractivity contribution is 5.22. The van der Waals surface area contributed by atoms with Crippen LogP contribution in [0.15, 0.2) is 0 Å². The van der Waals surface area contributed by atoms with E-state index in [0.717, 1.165) is 11.4 Å². The molecule has 0 aliphatic carbocycles.